The second-order valence-electron chi connectivity index (χ2n) is 6.21. The van der Waals surface area contributed by atoms with Crippen molar-refractivity contribution in [2.24, 2.45) is 0 Å². The molecular formula is C17H18ClN3O4S2. The van der Waals surface area contributed by atoms with Crippen molar-refractivity contribution in [2.45, 2.75) is 37.6 Å². The molecule has 27 heavy (non-hydrogen) atoms. The van der Waals surface area contributed by atoms with Crippen LogP contribution in [0.4, 0.5) is 5.13 Å². The summed E-state index contributed by atoms with van der Waals surface area (Å²) in [6, 6.07) is 5.03. The fourth-order valence-corrected chi connectivity index (χ4v) is 5.64. The van der Waals surface area contributed by atoms with Crippen LogP contribution >= 0.6 is 22.9 Å². The maximum Gasteiger partial charge on any atom is 0.244 e. The number of thiazole rings is 1. The standard InChI is InChI=1S/C17H18ClN3O4S2/c1-10-15(11(2)22)26-17(19-10)20-16(23)14-4-3-9-21(14)27(24,25)13-7-5-12(18)6-8-13/h5-8,14H,3-4,9H2,1-2H3,(H,19,20,23). The normalized spacial score (nSPS) is 17.8. The van der Waals surface area contributed by atoms with Crippen LogP contribution in [-0.2, 0) is 14.8 Å². The van der Waals surface area contributed by atoms with Gasteiger partial charge in [0.15, 0.2) is 10.9 Å². The second kappa shape index (κ2) is 7.67. The number of nitrogens with one attached hydrogen (secondary N) is 1. The lowest BCUT2D eigenvalue weighted by molar-refractivity contribution is -0.119. The minimum atomic E-state index is -3.82. The van der Waals surface area contributed by atoms with Crippen LogP contribution in [0.2, 0.25) is 5.02 Å². The van der Waals surface area contributed by atoms with E-state index in [4.69, 9.17) is 11.6 Å². The third-order valence-corrected chi connectivity index (χ3v) is 7.62. The Morgan fingerprint density at radius 3 is 2.56 bits per heavy atom. The summed E-state index contributed by atoms with van der Waals surface area (Å²) in [5, 5.41) is 3.38. The zero-order valence-corrected chi connectivity index (χ0v) is 17.1. The van der Waals surface area contributed by atoms with E-state index in [0.717, 1.165) is 11.3 Å². The first-order valence-electron chi connectivity index (χ1n) is 8.27. The Hall–Kier alpha value is -1.81. The van der Waals surface area contributed by atoms with Gasteiger partial charge in [-0.15, -0.1) is 0 Å². The molecule has 2 heterocycles. The Bertz CT molecular complexity index is 986. The van der Waals surface area contributed by atoms with E-state index in [1.54, 1.807) is 6.92 Å². The molecule has 0 saturated carbocycles. The molecule has 7 nitrogen and oxygen atoms in total. The first-order valence-corrected chi connectivity index (χ1v) is 10.9. The number of amides is 1. The topological polar surface area (TPSA) is 96.4 Å². The number of halogens is 1. The zero-order chi connectivity index (χ0) is 19.8. The summed E-state index contributed by atoms with van der Waals surface area (Å²) < 4.78 is 27.0. The van der Waals surface area contributed by atoms with E-state index in [0.29, 0.717) is 33.6 Å². The van der Waals surface area contributed by atoms with Crippen LogP contribution in [0, 0.1) is 6.92 Å². The van der Waals surface area contributed by atoms with Crippen molar-refractivity contribution in [2.75, 3.05) is 11.9 Å². The molecule has 1 aromatic heterocycles. The van der Waals surface area contributed by atoms with Gasteiger partial charge in [-0.05, 0) is 44.0 Å². The Kier molecular flexibility index (Phi) is 5.66. The molecule has 1 fully saturated rings. The summed E-state index contributed by atoms with van der Waals surface area (Å²) >= 11 is 6.91. The number of aromatic nitrogens is 1. The molecule has 1 amide bonds. The van der Waals surface area contributed by atoms with Gasteiger partial charge in [0.25, 0.3) is 0 Å². The number of ketones is 1. The predicted octanol–water partition coefficient (Wildman–Crippen LogP) is 3.10. The van der Waals surface area contributed by atoms with Crippen LogP contribution in [0.15, 0.2) is 29.2 Å². The predicted molar refractivity (Wildman–Crippen MR) is 104 cm³/mol. The molecule has 10 heteroatoms. The molecular weight excluding hydrogens is 410 g/mol. The summed E-state index contributed by atoms with van der Waals surface area (Å²) in [5.74, 6) is -0.577. The highest BCUT2D eigenvalue weighted by atomic mass is 35.5. The summed E-state index contributed by atoms with van der Waals surface area (Å²) in [5.41, 5.74) is 0.542. The second-order valence-corrected chi connectivity index (χ2v) is 9.53. The van der Waals surface area contributed by atoms with Crippen molar-refractivity contribution >= 4 is 49.8 Å². The zero-order valence-electron chi connectivity index (χ0n) is 14.7. The number of carbonyl (C=O) groups excluding carboxylic acids is 2. The van der Waals surface area contributed by atoms with Crippen LogP contribution in [0.5, 0.6) is 0 Å². The van der Waals surface area contributed by atoms with Crippen LogP contribution in [0.1, 0.15) is 35.1 Å². The lowest BCUT2D eigenvalue weighted by atomic mass is 10.2. The summed E-state index contributed by atoms with van der Waals surface area (Å²) in [6.07, 6.45) is 1.00. The highest BCUT2D eigenvalue weighted by Gasteiger charge is 2.39. The third-order valence-electron chi connectivity index (χ3n) is 4.27. The van der Waals surface area contributed by atoms with Crippen LogP contribution in [0.3, 0.4) is 0 Å². The number of benzene rings is 1. The number of Topliss-reactive ketones (excluding diaryl/α,β-unsaturated/α-hetero) is 1. The van der Waals surface area contributed by atoms with Crippen molar-refractivity contribution in [1.82, 2.24) is 9.29 Å². The highest BCUT2D eigenvalue weighted by Crippen LogP contribution is 2.29. The molecule has 0 spiro atoms. The van der Waals surface area contributed by atoms with Gasteiger partial charge in [-0.1, -0.05) is 22.9 Å². The van der Waals surface area contributed by atoms with Crippen molar-refractivity contribution in [3.8, 4) is 0 Å². The van der Waals surface area contributed by atoms with E-state index in [9.17, 15) is 18.0 Å². The number of aryl methyl sites for hydroxylation is 1. The SMILES string of the molecule is CC(=O)c1sc(NC(=O)C2CCCN2S(=O)(=O)c2ccc(Cl)cc2)nc1C. The van der Waals surface area contributed by atoms with Crippen molar-refractivity contribution in [3.05, 3.63) is 39.9 Å². The molecule has 1 aromatic carbocycles. The Morgan fingerprint density at radius 1 is 1.30 bits per heavy atom. The van der Waals surface area contributed by atoms with E-state index < -0.39 is 22.0 Å². The Labute approximate surface area is 166 Å². The Morgan fingerprint density at radius 2 is 1.96 bits per heavy atom. The van der Waals surface area contributed by atoms with Crippen molar-refractivity contribution in [1.29, 1.82) is 0 Å². The molecule has 144 valence electrons. The monoisotopic (exact) mass is 427 g/mol. The van der Waals surface area contributed by atoms with E-state index in [1.807, 2.05) is 0 Å². The van der Waals surface area contributed by atoms with Gasteiger partial charge in [-0.2, -0.15) is 4.31 Å². The molecule has 0 radical (unpaired) electrons. The molecule has 0 bridgehead atoms. The molecule has 1 aliphatic heterocycles. The number of carbonyl (C=O) groups is 2. The fraction of sp³-hybridized carbons (Fsp3) is 0.353. The average molecular weight is 428 g/mol. The minimum absolute atomic E-state index is 0.0931. The van der Waals surface area contributed by atoms with E-state index in [2.05, 4.69) is 10.3 Å². The molecule has 0 aliphatic carbocycles. The number of nitrogens with zero attached hydrogens (tertiary/aromatic N) is 2. The van der Waals surface area contributed by atoms with Gasteiger partial charge in [-0.25, -0.2) is 13.4 Å². The third kappa shape index (κ3) is 4.06. The van der Waals surface area contributed by atoms with Gasteiger partial charge in [-0.3, -0.25) is 9.59 Å². The van der Waals surface area contributed by atoms with Gasteiger partial charge >= 0.3 is 0 Å². The largest absolute Gasteiger partial charge is 0.301 e. The molecule has 2 aromatic rings. The van der Waals surface area contributed by atoms with Crippen LogP contribution < -0.4 is 5.32 Å². The first-order chi connectivity index (χ1) is 12.7. The first kappa shape index (κ1) is 19.9. The van der Waals surface area contributed by atoms with E-state index in [-0.39, 0.29) is 17.2 Å². The molecule has 1 atom stereocenters. The van der Waals surface area contributed by atoms with Crippen molar-refractivity contribution in [3.63, 3.8) is 0 Å². The number of hydrogen-bond acceptors (Lipinski definition) is 6. The summed E-state index contributed by atoms with van der Waals surface area (Å²) in [4.78, 5) is 29.0. The van der Waals surface area contributed by atoms with Gasteiger partial charge in [0.1, 0.15) is 6.04 Å². The highest BCUT2D eigenvalue weighted by molar-refractivity contribution is 7.89. The number of anilines is 1. The molecule has 1 N–H and O–H groups in total. The summed E-state index contributed by atoms with van der Waals surface area (Å²) in [6.45, 7) is 3.39. The smallest absolute Gasteiger partial charge is 0.244 e. The van der Waals surface area contributed by atoms with Crippen LogP contribution in [0.25, 0.3) is 0 Å². The lowest BCUT2D eigenvalue weighted by Gasteiger charge is -2.23. The minimum Gasteiger partial charge on any atom is -0.301 e. The fourth-order valence-electron chi connectivity index (χ4n) is 3.00. The number of hydrogen-bond donors (Lipinski definition) is 1. The molecule has 1 aliphatic rings. The lowest BCUT2D eigenvalue weighted by Crippen LogP contribution is -2.43. The van der Waals surface area contributed by atoms with Crippen LogP contribution in [-0.4, -0.2) is 42.0 Å². The quantitative estimate of drug-likeness (QED) is 0.739. The summed E-state index contributed by atoms with van der Waals surface area (Å²) in [7, 11) is -3.82. The van der Waals surface area contributed by atoms with Gasteiger partial charge in [0, 0.05) is 18.5 Å². The molecule has 1 unspecified atom stereocenters. The maximum absolute atomic E-state index is 12.9. The molecule has 1 saturated heterocycles. The van der Waals surface area contributed by atoms with Gasteiger partial charge in [0.05, 0.1) is 15.5 Å². The number of rotatable bonds is 5. The van der Waals surface area contributed by atoms with E-state index >= 15 is 0 Å². The van der Waals surface area contributed by atoms with Gasteiger partial charge in [0.2, 0.25) is 15.9 Å². The van der Waals surface area contributed by atoms with Crippen molar-refractivity contribution < 1.29 is 18.0 Å². The number of sulfonamides is 1. The average Bonchev–Trinajstić information content (AvgIpc) is 3.22. The van der Waals surface area contributed by atoms with E-state index in [1.165, 1.54) is 35.5 Å². The molecule has 3 rings (SSSR count). The Balaban J connectivity index is 1.81. The maximum atomic E-state index is 12.9. The van der Waals surface area contributed by atoms with Gasteiger partial charge < -0.3 is 5.32 Å².